The van der Waals surface area contributed by atoms with Gasteiger partial charge in [-0.2, -0.15) is 0 Å². The van der Waals surface area contributed by atoms with Gasteiger partial charge >= 0.3 is 0 Å². The lowest BCUT2D eigenvalue weighted by molar-refractivity contribution is -0.115. The van der Waals surface area contributed by atoms with Gasteiger partial charge in [-0.25, -0.2) is 9.37 Å². The smallest absolute Gasteiger partial charge is 0.231 e. The minimum atomic E-state index is -0.328. The van der Waals surface area contributed by atoms with Crippen molar-refractivity contribution in [1.82, 2.24) is 4.98 Å². The lowest BCUT2D eigenvalue weighted by Gasteiger charge is -2.03. The third kappa shape index (κ3) is 4.02. The van der Waals surface area contributed by atoms with Gasteiger partial charge < -0.3 is 5.32 Å². The van der Waals surface area contributed by atoms with Crippen LogP contribution in [0.5, 0.6) is 0 Å². The number of thiazole rings is 1. The van der Waals surface area contributed by atoms with Gasteiger partial charge in [0.25, 0.3) is 0 Å². The molecule has 1 N–H and O–H groups in total. The number of carbonyl (C=O) groups is 1. The summed E-state index contributed by atoms with van der Waals surface area (Å²) in [5, 5.41) is 5.44. The molecule has 23 heavy (non-hydrogen) atoms. The predicted octanol–water partition coefficient (Wildman–Crippen LogP) is 4.44. The monoisotopic (exact) mass is 326 g/mol. The number of hydrogen-bond donors (Lipinski definition) is 1. The van der Waals surface area contributed by atoms with E-state index < -0.39 is 0 Å². The molecule has 1 amide bonds. The molecular weight excluding hydrogens is 311 g/mol. The number of nitrogens with zero attached hydrogens (tertiary/aromatic N) is 1. The first kappa shape index (κ1) is 15.4. The molecule has 3 aromatic rings. The van der Waals surface area contributed by atoms with Crippen LogP contribution in [0.2, 0.25) is 0 Å². The van der Waals surface area contributed by atoms with E-state index in [1.807, 2.05) is 30.5 Å². The van der Waals surface area contributed by atoms with E-state index in [0.29, 0.717) is 5.69 Å². The van der Waals surface area contributed by atoms with Crippen molar-refractivity contribution >= 4 is 22.9 Å². The molecule has 0 fully saturated rings. The van der Waals surface area contributed by atoms with E-state index in [0.717, 1.165) is 16.3 Å². The molecule has 0 aliphatic heterocycles. The number of hydrogen-bond acceptors (Lipinski definition) is 3. The summed E-state index contributed by atoms with van der Waals surface area (Å²) in [6, 6.07) is 13.8. The zero-order valence-corrected chi connectivity index (χ0v) is 13.4. The van der Waals surface area contributed by atoms with Gasteiger partial charge in [0.15, 0.2) is 0 Å². The zero-order valence-electron chi connectivity index (χ0n) is 12.5. The van der Waals surface area contributed by atoms with Crippen LogP contribution >= 0.6 is 11.3 Å². The SMILES string of the molecule is Cc1cccc(-c2csc(CC(=O)Nc3ccc(F)cc3)n2)c1. The third-order valence-corrected chi connectivity index (χ3v) is 4.15. The Morgan fingerprint density at radius 1 is 1.22 bits per heavy atom. The van der Waals surface area contributed by atoms with Crippen molar-refractivity contribution in [3.05, 3.63) is 70.3 Å². The largest absolute Gasteiger partial charge is 0.326 e. The Labute approximate surface area is 137 Å². The number of halogens is 1. The fourth-order valence-electron chi connectivity index (χ4n) is 2.20. The summed E-state index contributed by atoms with van der Waals surface area (Å²) in [7, 11) is 0. The van der Waals surface area contributed by atoms with Crippen LogP contribution in [-0.4, -0.2) is 10.9 Å². The number of carbonyl (C=O) groups excluding carboxylic acids is 1. The van der Waals surface area contributed by atoms with E-state index in [2.05, 4.69) is 16.4 Å². The number of benzene rings is 2. The van der Waals surface area contributed by atoms with Gasteiger partial charge in [0.1, 0.15) is 10.8 Å². The Hall–Kier alpha value is -2.53. The van der Waals surface area contributed by atoms with Crippen molar-refractivity contribution in [2.24, 2.45) is 0 Å². The number of amides is 1. The topological polar surface area (TPSA) is 42.0 Å². The summed E-state index contributed by atoms with van der Waals surface area (Å²) in [6.45, 7) is 2.03. The lowest BCUT2D eigenvalue weighted by Crippen LogP contribution is -2.14. The second-order valence-corrected chi connectivity index (χ2v) is 6.17. The first-order chi connectivity index (χ1) is 11.1. The molecule has 1 aromatic heterocycles. The average Bonchev–Trinajstić information content (AvgIpc) is 2.98. The minimum absolute atomic E-state index is 0.165. The molecule has 0 aliphatic rings. The molecule has 0 bridgehead atoms. The Morgan fingerprint density at radius 2 is 2.00 bits per heavy atom. The number of aromatic nitrogens is 1. The van der Waals surface area contributed by atoms with Crippen LogP contribution < -0.4 is 5.32 Å². The Kier molecular flexibility index (Phi) is 4.48. The summed E-state index contributed by atoms with van der Waals surface area (Å²) >= 11 is 1.46. The maximum absolute atomic E-state index is 12.8. The molecule has 3 rings (SSSR count). The lowest BCUT2D eigenvalue weighted by atomic mass is 10.1. The zero-order chi connectivity index (χ0) is 16.2. The van der Waals surface area contributed by atoms with Gasteiger partial charge in [0.2, 0.25) is 5.91 Å². The van der Waals surface area contributed by atoms with Crippen molar-refractivity contribution in [3.8, 4) is 11.3 Å². The molecule has 0 spiro atoms. The molecular formula is C18H15FN2OS. The average molecular weight is 326 g/mol. The highest BCUT2D eigenvalue weighted by atomic mass is 32.1. The Bertz CT molecular complexity index is 827. The van der Waals surface area contributed by atoms with E-state index in [1.54, 1.807) is 0 Å². The van der Waals surface area contributed by atoms with E-state index in [9.17, 15) is 9.18 Å². The molecule has 3 nitrogen and oxygen atoms in total. The van der Waals surface area contributed by atoms with Crippen LogP contribution in [0.4, 0.5) is 10.1 Å². The molecule has 0 saturated carbocycles. The van der Waals surface area contributed by atoms with Crippen LogP contribution in [-0.2, 0) is 11.2 Å². The van der Waals surface area contributed by atoms with Crippen LogP contribution in [0.1, 0.15) is 10.6 Å². The summed E-state index contributed by atoms with van der Waals surface area (Å²) in [4.78, 5) is 16.5. The number of rotatable bonds is 4. The highest BCUT2D eigenvalue weighted by Crippen LogP contribution is 2.23. The van der Waals surface area contributed by atoms with Gasteiger partial charge in [-0.15, -0.1) is 11.3 Å². The van der Waals surface area contributed by atoms with Gasteiger partial charge in [-0.05, 0) is 37.3 Å². The summed E-state index contributed by atoms with van der Waals surface area (Å²) in [5.74, 6) is -0.493. The van der Waals surface area contributed by atoms with E-state index in [4.69, 9.17) is 0 Å². The van der Waals surface area contributed by atoms with Crippen LogP contribution in [0.3, 0.4) is 0 Å². The van der Waals surface area contributed by atoms with Crippen LogP contribution in [0, 0.1) is 12.7 Å². The molecule has 116 valence electrons. The van der Waals surface area contributed by atoms with Crippen LogP contribution in [0.25, 0.3) is 11.3 Å². The number of nitrogens with one attached hydrogen (secondary N) is 1. The first-order valence-corrected chi connectivity index (χ1v) is 8.05. The predicted molar refractivity (Wildman–Crippen MR) is 91.0 cm³/mol. The van der Waals surface area contributed by atoms with Gasteiger partial charge in [-0.3, -0.25) is 4.79 Å². The first-order valence-electron chi connectivity index (χ1n) is 7.17. The maximum atomic E-state index is 12.8. The highest BCUT2D eigenvalue weighted by Gasteiger charge is 2.09. The minimum Gasteiger partial charge on any atom is -0.326 e. The van der Waals surface area contributed by atoms with Crippen molar-refractivity contribution in [2.75, 3.05) is 5.32 Å². The van der Waals surface area contributed by atoms with Gasteiger partial charge in [0, 0.05) is 16.6 Å². The molecule has 0 aliphatic carbocycles. The van der Waals surface area contributed by atoms with E-state index in [-0.39, 0.29) is 18.1 Å². The molecule has 0 saturated heterocycles. The van der Waals surface area contributed by atoms with Gasteiger partial charge in [0.05, 0.1) is 12.1 Å². The van der Waals surface area contributed by atoms with Crippen molar-refractivity contribution in [3.63, 3.8) is 0 Å². The van der Waals surface area contributed by atoms with Crippen molar-refractivity contribution in [2.45, 2.75) is 13.3 Å². The maximum Gasteiger partial charge on any atom is 0.231 e. The molecule has 0 unspecified atom stereocenters. The Morgan fingerprint density at radius 3 is 2.74 bits per heavy atom. The second kappa shape index (κ2) is 6.71. The van der Waals surface area contributed by atoms with Crippen molar-refractivity contribution < 1.29 is 9.18 Å². The summed E-state index contributed by atoms with van der Waals surface area (Å²) in [6.07, 6.45) is 0.202. The molecule has 0 atom stereocenters. The molecule has 5 heteroatoms. The molecule has 1 heterocycles. The second-order valence-electron chi connectivity index (χ2n) is 5.23. The van der Waals surface area contributed by atoms with Crippen LogP contribution in [0.15, 0.2) is 53.9 Å². The molecule has 0 radical (unpaired) electrons. The van der Waals surface area contributed by atoms with Crippen molar-refractivity contribution in [1.29, 1.82) is 0 Å². The van der Waals surface area contributed by atoms with Gasteiger partial charge in [-0.1, -0.05) is 23.8 Å². The fraction of sp³-hybridized carbons (Fsp3) is 0.111. The van der Waals surface area contributed by atoms with E-state index >= 15 is 0 Å². The highest BCUT2D eigenvalue weighted by molar-refractivity contribution is 7.10. The summed E-state index contributed by atoms with van der Waals surface area (Å²) < 4.78 is 12.8. The quantitative estimate of drug-likeness (QED) is 0.770. The normalized spacial score (nSPS) is 10.5. The number of anilines is 1. The number of aryl methyl sites for hydroxylation is 1. The van der Waals surface area contributed by atoms with E-state index in [1.165, 1.54) is 41.2 Å². The third-order valence-electron chi connectivity index (χ3n) is 3.31. The molecule has 2 aromatic carbocycles. The summed E-state index contributed by atoms with van der Waals surface area (Å²) in [5.41, 5.74) is 3.67. The Balaban J connectivity index is 1.66. The standard InChI is InChI=1S/C18H15FN2OS/c1-12-3-2-4-13(9-12)16-11-23-18(21-16)10-17(22)20-15-7-5-14(19)6-8-15/h2-9,11H,10H2,1H3,(H,20,22). The fourth-order valence-corrected chi connectivity index (χ4v) is 3.01.